The van der Waals surface area contributed by atoms with Crippen LogP contribution in [-0.2, 0) is 11.3 Å². The summed E-state index contributed by atoms with van der Waals surface area (Å²) in [6.07, 6.45) is 5.60. The van der Waals surface area contributed by atoms with Crippen LogP contribution in [0.3, 0.4) is 0 Å². The largest absolute Gasteiger partial charge is 0.331 e. The molecule has 1 fully saturated rings. The number of imide groups is 1. The molecular formula is C20H27ClN4O2S. The van der Waals surface area contributed by atoms with Crippen molar-refractivity contribution in [3.8, 4) is 0 Å². The first-order chi connectivity index (χ1) is 13.5. The molecule has 8 heteroatoms. The van der Waals surface area contributed by atoms with E-state index >= 15 is 0 Å². The van der Waals surface area contributed by atoms with Crippen molar-refractivity contribution in [2.75, 3.05) is 12.8 Å². The van der Waals surface area contributed by atoms with Crippen molar-refractivity contribution >= 4 is 40.5 Å². The minimum absolute atomic E-state index is 0.288. The maximum atomic E-state index is 12.6. The van der Waals surface area contributed by atoms with Gasteiger partial charge < -0.3 is 9.80 Å². The highest BCUT2D eigenvalue weighted by molar-refractivity contribution is 8.13. The fourth-order valence-corrected chi connectivity index (χ4v) is 4.63. The number of carbonyl (C=O) groups excluding carboxylic acids is 2. The number of unbranched alkanes of at least 4 members (excludes halogenated alkanes) is 4. The molecule has 2 aliphatic heterocycles. The molecule has 1 aromatic carbocycles. The summed E-state index contributed by atoms with van der Waals surface area (Å²) >= 11 is 7.67. The van der Waals surface area contributed by atoms with Gasteiger partial charge in [0.05, 0.1) is 0 Å². The molecule has 1 aromatic rings. The number of hydrogen-bond acceptors (Lipinski definition) is 5. The molecule has 152 valence electrons. The van der Waals surface area contributed by atoms with Crippen LogP contribution in [0.2, 0.25) is 5.02 Å². The third-order valence-electron chi connectivity index (χ3n) is 5.07. The van der Waals surface area contributed by atoms with Gasteiger partial charge in [0, 0.05) is 24.4 Å². The SMILES string of the molecule is CCCCCCCSC1=NC2C(C(=O)NC(=O)N2C)N1Cc1ccc(Cl)cc1. The van der Waals surface area contributed by atoms with Gasteiger partial charge in [0.15, 0.2) is 17.4 Å². The molecule has 28 heavy (non-hydrogen) atoms. The van der Waals surface area contributed by atoms with Crippen molar-refractivity contribution in [3.05, 3.63) is 34.9 Å². The predicted molar refractivity (Wildman–Crippen MR) is 115 cm³/mol. The lowest BCUT2D eigenvalue weighted by atomic mass is 10.1. The number of carbonyl (C=O) groups is 2. The zero-order valence-electron chi connectivity index (χ0n) is 16.4. The Morgan fingerprint density at radius 2 is 1.86 bits per heavy atom. The molecule has 2 heterocycles. The van der Waals surface area contributed by atoms with E-state index in [1.165, 1.54) is 30.6 Å². The standard InChI is InChI=1S/C20H27ClN4O2S/c1-3-4-5-6-7-12-28-20-22-17-16(18(26)23-19(27)24(17)2)25(20)13-14-8-10-15(21)11-9-14/h8-11,16-17H,3-7,12-13H2,1-2H3,(H,23,26,27). The molecule has 1 N–H and O–H groups in total. The Balaban J connectivity index is 1.72. The smallest absolute Gasteiger partial charge is 0.325 e. The lowest BCUT2D eigenvalue weighted by Gasteiger charge is -2.36. The summed E-state index contributed by atoms with van der Waals surface area (Å²) in [5.41, 5.74) is 1.05. The molecule has 0 radical (unpaired) electrons. The van der Waals surface area contributed by atoms with Crippen LogP contribution in [0.4, 0.5) is 4.79 Å². The van der Waals surface area contributed by atoms with E-state index < -0.39 is 18.2 Å². The van der Waals surface area contributed by atoms with Crippen LogP contribution < -0.4 is 5.32 Å². The molecule has 0 aliphatic carbocycles. The Bertz CT molecular complexity index is 740. The van der Waals surface area contributed by atoms with Crippen LogP contribution in [0.5, 0.6) is 0 Å². The molecule has 1 saturated heterocycles. The van der Waals surface area contributed by atoms with Crippen molar-refractivity contribution in [2.45, 2.75) is 57.8 Å². The van der Waals surface area contributed by atoms with E-state index in [0.717, 1.165) is 22.9 Å². The summed E-state index contributed by atoms with van der Waals surface area (Å²) in [6.45, 7) is 2.76. The van der Waals surface area contributed by atoms with E-state index in [-0.39, 0.29) is 5.91 Å². The quantitative estimate of drug-likeness (QED) is 0.641. The third-order valence-corrected chi connectivity index (χ3v) is 6.41. The van der Waals surface area contributed by atoms with E-state index in [9.17, 15) is 9.59 Å². The molecule has 2 aliphatic rings. The van der Waals surface area contributed by atoms with Gasteiger partial charge in [-0.05, 0) is 24.1 Å². The number of urea groups is 1. The molecule has 2 atom stereocenters. The van der Waals surface area contributed by atoms with Gasteiger partial charge in [-0.1, -0.05) is 68.1 Å². The first-order valence-electron chi connectivity index (χ1n) is 9.80. The van der Waals surface area contributed by atoms with E-state index in [2.05, 4.69) is 12.2 Å². The molecular weight excluding hydrogens is 396 g/mol. The Kier molecular flexibility index (Phi) is 7.24. The molecule has 0 saturated carbocycles. The Morgan fingerprint density at radius 1 is 1.14 bits per heavy atom. The number of thioether (sulfide) groups is 1. The first-order valence-corrected chi connectivity index (χ1v) is 11.2. The van der Waals surface area contributed by atoms with Gasteiger partial charge in [-0.2, -0.15) is 0 Å². The second-order valence-electron chi connectivity index (χ2n) is 7.19. The van der Waals surface area contributed by atoms with E-state index in [1.807, 2.05) is 29.2 Å². The summed E-state index contributed by atoms with van der Waals surface area (Å²) in [5.74, 6) is 0.669. The van der Waals surface area contributed by atoms with Crippen LogP contribution in [0.25, 0.3) is 0 Å². The highest BCUT2D eigenvalue weighted by atomic mass is 35.5. The molecule has 0 bridgehead atoms. The Hall–Kier alpha value is -1.73. The number of halogens is 1. The van der Waals surface area contributed by atoms with Crippen molar-refractivity contribution in [2.24, 2.45) is 4.99 Å². The highest BCUT2D eigenvalue weighted by Gasteiger charge is 2.48. The number of rotatable bonds is 8. The average Bonchev–Trinajstić information content (AvgIpc) is 3.03. The third kappa shape index (κ3) is 4.81. The van der Waals surface area contributed by atoms with Gasteiger partial charge >= 0.3 is 6.03 Å². The highest BCUT2D eigenvalue weighted by Crippen LogP contribution is 2.30. The minimum atomic E-state index is -0.499. The number of amidine groups is 1. The zero-order valence-corrected chi connectivity index (χ0v) is 17.9. The number of aliphatic imine (C=N–C) groups is 1. The number of fused-ring (bicyclic) bond motifs is 1. The molecule has 3 amide bonds. The van der Waals surface area contributed by atoms with Crippen molar-refractivity contribution in [1.29, 1.82) is 0 Å². The molecule has 0 spiro atoms. The molecule has 2 unspecified atom stereocenters. The monoisotopic (exact) mass is 422 g/mol. The van der Waals surface area contributed by atoms with Crippen LogP contribution >= 0.6 is 23.4 Å². The van der Waals surface area contributed by atoms with Crippen LogP contribution in [0, 0.1) is 0 Å². The molecule has 0 aromatic heterocycles. The van der Waals surface area contributed by atoms with Crippen molar-refractivity contribution < 1.29 is 9.59 Å². The van der Waals surface area contributed by atoms with Crippen LogP contribution in [0.1, 0.15) is 44.6 Å². The van der Waals surface area contributed by atoms with Gasteiger partial charge in [-0.3, -0.25) is 10.1 Å². The van der Waals surface area contributed by atoms with Crippen molar-refractivity contribution in [3.63, 3.8) is 0 Å². The summed E-state index contributed by atoms with van der Waals surface area (Å²) in [6, 6.07) is 6.71. The fourth-order valence-electron chi connectivity index (χ4n) is 3.44. The van der Waals surface area contributed by atoms with Crippen molar-refractivity contribution in [1.82, 2.24) is 15.1 Å². The number of nitrogens with zero attached hydrogens (tertiary/aromatic N) is 3. The van der Waals surface area contributed by atoms with Gasteiger partial charge in [0.1, 0.15) is 0 Å². The predicted octanol–water partition coefficient (Wildman–Crippen LogP) is 4.09. The van der Waals surface area contributed by atoms with Crippen LogP contribution in [0.15, 0.2) is 29.3 Å². The lowest BCUT2D eigenvalue weighted by Crippen LogP contribution is -2.63. The number of likely N-dealkylation sites (N-methyl/N-ethyl adjacent to an activating group) is 1. The number of benzene rings is 1. The maximum Gasteiger partial charge on any atom is 0.325 e. The Morgan fingerprint density at radius 3 is 2.57 bits per heavy atom. The van der Waals surface area contributed by atoms with Crippen LogP contribution in [-0.4, -0.2) is 51.9 Å². The summed E-state index contributed by atoms with van der Waals surface area (Å²) < 4.78 is 0. The second-order valence-corrected chi connectivity index (χ2v) is 8.69. The van der Waals surface area contributed by atoms with E-state index in [1.54, 1.807) is 18.8 Å². The minimum Gasteiger partial charge on any atom is -0.331 e. The number of nitrogens with one attached hydrogen (secondary N) is 1. The maximum absolute atomic E-state index is 12.6. The van der Waals surface area contributed by atoms with Gasteiger partial charge in [-0.15, -0.1) is 0 Å². The molecule has 6 nitrogen and oxygen atoms in total. The second kappa shape index (κ2) is 9.65. The zero-order chi connectivity index (χ0) is 20.1. The number of hydrogen-bond donors (Lipinski definition) is 1. The Labute approximate surface area is 175 Å². The topological polar surface area (TPSA) is 65.0 Å². The summed E-state index contributed by atoms with van der Waals surface area (Å²) in [4.78, 5) is 32.8. The van der Waals surface area contributed by atoms with Gasteiger partial charge in [0.25, 0.3) is 5.91 Å². The summed E-state index contributed by atoms with van der Waals surface area (Å²) in [7, 11) is 1.68. The van der Waals surface area contributed by atoms with E-state index in [0.29, 0.717) is 11.6 Å². The first kappa shape index (κ1) is 21.0. The molecule has 3 rings (SSSR count). The lowest BCUT2D eigenvalue weighted by molar-refractivity contribution is -0.127. The normalized spacial score (nSPS) is 21.6. The fraction of sp³-hybridized carbons (Fsp3) is 0.550. The number of amides is 3. The summed E-state index contributed by atoms with van der Waals surface area (Å²) in [5, 5.41) is 3.95. The van der Waals surface area contributed by atoms with E-state index in [4.69, 9.17) is 16.6 Å². The van der Waals surface area contributed by atoms with Gasteiger partial charge in [0.2, 0.25) is 0 Å². The van der Waals surface area contributed by atoms with Gasteiger partial charge in [-0.25, -0.2) is 9.79 Å². The average molecular weight is 423 g/mol.